The Morgan fingerprint density at radius 3 is 2.79 bits per heavy atom. The van der Waals surface area contributed by atoms with E-state index in [9.17, 15) is 4.79 Å². The average Bonchev–Trinajstić information content (AvgIpc) is 2.56. The second-order valence-electron chi connectivity index (χ2n) is 3.38. The molecule has 0 bridgehead atoms. The number of aryl methyl sites for hydroxylation is 1. The molecule has 1 aromatic heterocycles. The van der Waals surface area contributed by atoms with Crippen LogP contribution in [0.1, 0.15) is 33.0 Å². The van der Waals surface area contributed by atoms with Gasteiger partial charge in [-0.05, 0) is 25.7 Å². The standard InChI is InChI=1S/C10H12O3S/c1-13-8-6-4-2-3-5-7(6)14-9(8)10(11)12/h2-5H2,1H3,(H,11,12). The summed E-state index contributed by atoms with van der Waals surface area (Å²) in [5, 5.41) is 8.98. The summed E-state index contributed by atoms with van der Waals surface area (Å²) >= 11 is 1.37. The third-order valence-corrected chi connectivity index (χ3v) is 3.78. The number of hydrogen-bond acceptors (Lipinski definition) is 3. The summed E-state index contributed by atoms with van der Waals surface area (Å²) in [5.74, 6) is -0.279. The molecule has 0 saturated heterocycles. The maximum absolute atomic E-state index is 10.9. The molecule has 14 heavy (non-hydrogen) atoms. The molecule has 1 aliphatic rings. The van der Waals surface area contributed by atoms with Crippen LogP contribution >= 0.6 is 11.3 Å². The summed E-state index contributed by atoms with van der Waals surface area (Å²) in [6.45, 7) is 0. The van der Waals surface area contributed by atoms with E-state index in [1.165, 1.54) is 16.2 Å². The predicted molar refractivity (Wildman–Crippen MR) is 54.5 cm³/mol. The smallest absolute Gasteiger partial charge is 0.349 e. The van der Waals surface area contributed by atoms with Crippen molar-refractivity contribution in [3.8, 4) is 5.75 Å². The number of hydrogen-bond donors (Lipinski definition) is 1. The molecule has 0 aliphatic heterocycles. The molecule has 76 valence electrons. The van der Waals surface area contributed by atoms with Crippen molar-refractivity contribution in [2.75, 3.05) is 7.11 Å². The van der Waals surface area contributed by atoms with Gasteiger partial charge in [-0.3, -0.25) is 0 Å². The molecule has 1 N–H and O–H groups in total. The summed E-state index contributed by atoms with van der Waals surface area (Å²) in [4.78, 5) is 12.5. The molecule has 3 nitrogen and oxygen atoms in total. The molecular weight excluding hydrogens is 200 g/mol. The van der Waals surface area contributed by atoms with Crippen LogP contribution in [0.25, 0.3) is 0 Å². The molecule has 1 heterocycles. The van der Waals surface area contributed by atoms with Gasteiger partial charge in [0.25, 0.3) is 0 Å². The van der Waals surface area contributed by atoms with E-state index in [0.29, 0.717) is 10.6 Å². The van der Waals surface area contributed by atoms with Gasteiger partial charge in [0.1, 0.15) is 5.75 Å². The molecule has 0 aromatic carbocycles. The highest BCUT2D eigenvalue weighted by molar-refractivity contribution is 7.14. The molecule has 0 amide bonds. The van der Waals surface area contributed by atoms with Crippen molar-refractivity contribution in [1.29, 1.82) is 0 Å². The van der Waals surface area contributed by atoms with Crippen molar-refractivity contribution in [2.24, 2.45) is 0 Å². The van der Waals surface area contributed by atoms with Crippen LogP contribution in [-0.2, 0) is 12.8 Å². The minimum atomic E-state index is -0.874. The van der Waals surface area contributed by atoms with Crippen LogP contribution in [0.15, 0.2) is 0 Å². The topological polar surface area (TPSA) is 46.5 Å². The quantitative estimate of drug-likeness (QED) is 0.818. The summed E-state index contributed by atoms with van der Waals surface area (Å²) in [5.41, 5.74) is 1.13. The number of fused-ring (bicyclic) bond motifs is 1. The van der Waals surface area contributed by atoms with E-state index in [-0.39, 0.29) is 0 Å². The molecule has 0 saturated carbocycles. The Morgan fingerprint density at radius 1 is 1.43 bits per heavy atom. The molecule has 0 atom stereocenters. The number of aromatic carboxylic acids is 1. The van der Waals surface area contributed by atoms with Crippen molar-refractivity contribution < 1.29 is 14.6 Å². The molecule has 1 aliphatic carbocycles. The first-order valence-electron chi connectivity index (χ1n) is 4.66. The SMILES string of the molecule is COc1c(C(=O)O)sc2c1CCCC2. The molecule has 0 fully saturated rings. The van der Waals surface area contributed by atoms with Crippen LogP contribution in [0, 0.1) is 0 Å². The molecular formula is C10H12O3S. The first kappa shape index (κ1) is 9.52. The lowest BCUT2D eigenvalue weighted by Crippen LogP contribution is -2.01. The van der Waals surface area contributed by atoms with Crippen molar-refractivity contribution >= 4 is 17.3 Å². The van der Waals surface area contributed by atoms with Crippen LogP contribution in [-0.4, -0.2) is 18.2 Å². The normalized spacial score (nSPS) is 14.9. The Bertz CT molecular complexity index is 368. The summed E-state index contributed by atoms with van der Waals surface area (Å²) in [6.07, 6.45) is 4.26. The van der Waals surface area contributed by atoms with Gasteiger partial charge in [0.05, 0.1) is 7.11 Å². The van der Waals surface area contributed by atoms with Crippen molar-refractivity contribution in [3.63, 3.8) is 0 Å². The van der Waals surface area contributed by atoms with E-state index in [0.717, 1.165) is 31.2 Å². The van der Waals surface area contributed by atoms with Crippen molar-refractivity contribution in [1.82, 2.24) is 0 Å². The first-order chi connectivity index (χ1) is 6.74. The van der Waals surface area contributed by atoms with Gasteiger partial charge in [-0.15, -0.1) is 11.3 Å². The van der Waals surface area contributed by atoms with Crippen LogP contribution in [0.5, 0.6) is 5.75 Å². The number of thiophene rings is 1. The van der Waals surface area contributed by atoms with Gasteiger partial charge in [0, 0.05) is 10.4 Å². The summed E-state index contributed by atoms with van der Waals surface area (Å²) < 4.78 is 5.17. The van der Waals surface area contributed by atoms with E-state index < -0.39 is 5.97 Å². The van der Waals surface area contributed by atoms with Gasteiger partial charge in [-0.2, -0.15) is 0 Å². The molecule has 1 aromatic rings. The van der Waals surface area contributed by atoms with Crippen molar-refractivity contribution in [2.45, 2.75) is 25.7 Å². The first-order valence-corrected chi connectivity index (χ1v) is 5.47. The zero-order valence-electron chi connectivity index (χ0n) is 8.00. The fraction of sp³-hybridized carbons (Fsp3) is 0.500. The van der Waals surface area contributed by atoms with Gasteiger partial charge in [0.15, 0.2) is 4.88 Å². The second-order valence-corrected chi connectivity index (χ2v) is 4.48. The minimum absolute atomic E-state index is 0.361. The number of carbonyl (C=O) groups is 1. The Morgan fingerprint density at radius 2 is 2.14 bits per heavy atom. The van der Waals surface area contributed by atoms with Crippen molar-refractivity contribution in [3.05, 3.63) is 15.3 Å². The summed E-state index contributed by atoms with van der Waals surface area (Å²) in [7, 11) is 1.55. The lowest BCUT2D eigenvalue weighted by atomic mass is 9.98. The predicted octanol–water partition coefficient (Wildman–Crippen LogP) is 2.33. The lowest BCUT2D eigenvalue weighted by molar-refractivity contribution is 0.0699. The van der Waals surface area contributed by atoms with Gasteiger partial charge in [-0.25, -0.2) is 4.79 Å². The molecule has 2 rings (SSSR count). The molecule has 0 spiro atoms. The van der Waals surface area contributed by atoms with Crippen LogP contribution in [0.3, 0.4) is 0 Å². The van der Waals surface area contributed by atoms with Gasteiger partial charge in [0.2, 0.25) is 0 Å². The fourth-order valence-corrected chi connectivity index (χ4v) is 3.09. The van der Waals surface area contributed by atoms with Crippen LogP contribution in [0.4, 0.5) is 0 Å². The Balaban J connectivity index is 2.51. The van der Waals surface area contributed by atoms with Gasteiger partial charge >= 0.3 is 5.97 Å². The van der Waals surface area contributed by atoms with E-state index in [1.807, 2.05) is 0 Å². The Labute approximate surface area is 86.3 Å². The number of rotatable bonds is 2. The zero-order valence-corrected chi connectivity index (χ0v) is 8.82. The highest BCUT2D eigenvalue weighted by Crippen LogP contribution is 2.39. The third-order valence-electron chi connectivity index (χ3n) is 2.52. The van der Waals surface area contributed by atoms with E-state index in [4.69, 9.17) is 9.84 Å². The van der Waals surface area contributed by atoms with Crippen LogP contribution in [0.2, 0.25) is 0 Å². The van der Waals surface area contributed by atoms with Crippen LogP contribution < -0.4 is 4.74 Å². The van der Waals surface area contributed by atoms with Gasteiger partial charge in [-0.1, -0.05) is 0 Å². The number of ether oxygens (including phenoxy) is 1. The largest absolute Gasteiger partial charge is 0.495 e. The number of carboxylic acid groups (broad SMARTS) is 1. The minimum Gasteiger partial charge on any atom is -0.495 e. The highest BCUT2D eigenvalue weighted by Gasteiger charge is 2.24. The molecule has 0 radical (unpaired) electrons. The second kappa shape index (κ2) is 3.61. The average molecular weight is 212 g/mol. The third kappa shape index (κ3) is 1.39. The van der Waals surface area contributed by atoms with Gasteiger partial charge < -0.3 is 9.84 Å². The number of methoxy groups -OCH3 is 1. The maximum Gasteiger partial charge on any atom is 0.349 e. The number of carboxylic acids is 1. The molecule has 4 heteroatoms. The highest BCUT2D eigenvalue weighted by atomic mass is 32.1. The van der Waals surface area contributed by atoms with E-state index >= 15 is 0 Å². The maximum atomic E-state index is 10.9. The molecule has 0 unspecified atom stereocenters. The zero-order chi connectivity index (χ0) is 10.1. The Hall–Kier alpha value is -1.03. The summed E-state index contributed by atoms with van der Waals surface area (Å²) in [6, 6.07) is 0. The lowest BCUT2D eigenvalue weighted by Gasteiger charge is -2.11. The van der Waals surface area contributed by atoms with E-state index in [1.54, 1.807) is 7.11 Å². The fourth-order valence-electron chi connectivity index (χ4n) is 1.89. The van der Waals surface area contributed by atoms with E-state index in [2.05, 4.69) is 0 Å². The Kier molecular flexibility index (Phi) is 2.46. The monoisotopic (exact) mass is 212 g/mol.